The topological polar surface area (TPSA) is 92.3 Å². The summed E-state index contributed by atoms with van der Waals surface area (Å²) in [7, 11) is 6.76. The highest BCUT2D eigenvalue weighted by molar-refractivity contribution is 5.88. The van der Waals surface area contributed by atoms with Crippen LogP contribution in [0.3, 0.4) is 0 Å². The third kappa shape index (κ3) is 5.90. The maximum Gasteiger partial charge on any atom is 0.420 e. The normalized spacial score (nSPS) is 13.8. The summed E-state index contributed by atoms with van der Waals surface area (Å²) in [6.45, 7) is 4.14. The molecule has 2 heterocycles. The highest BCUT2D eigenvalue weighted by Gasteiger charge is 2.19. The van der Waals surface area contributed by atoms with Crippen LogP contribution in [0.4, 0.5) is 27.9 Å². The number of ether oxygens (including phenoxy) is 3. The molecule has 0 saturated carbocycles. The Labute approximate surface area is 205 Å². The molecular formula is C25H30N6O4. The smallest absolute Gasteiger partial charge is 0.420 e. The van der Waals surface area contributed by atoms with Gasteiger partial charge in [0.2, 0.25) is 5.95 Å². The monoisotopic (exact) mass is 478 g/mol. The van der Waals surface area contributed by atoms with Gasteiger partial charge in [-0.3, -0.25) is 4.90 Å². The largest absolute Gasteiger partial charge is 0.497 e. The van der Waals surface area contributed by atoms with Gasteiger partial charge in [-0.25, -0.2) is 9.78 Å². The molecule has 0 aliphatic carbocycles. The first-order valence-corrected chi connectivity index (χ1v) is 11.3. The lowest BCUT2D eigenvalue weighted by Crippen LogP contribution is -2.44. The number of nitrogens with one attached hydrogen (secondary N) is 1. The zero-order valence-electron chi connectivity index (χ0n) is 20.4. The highest BCUT2D eigenvalue weighted by atomic mass is 16.6. The van der Waals surface area contributed by atoms with Crippen LogP contribution in [0, 0.1) is 0 Å². The highest BCUT2D eigenvalue weighted by Crippen LogP contribution is 2.32. The Morgan fingerprint density at radius 1 is 0.971 bits per heavy atom. The quantitative estimate of drug-likeness (QED) is 0.546. The van der Waals surface area contributed by atoms with Crippen molar-refractivity contribution in [1.29, 1.82) is 0 Å². The van der Waals surface area contributed by atoms with E-state index in [0.29, 0.717) is 23.3 Å². The van der Waals surface area contributed by atoms with Gasteiger partial charge in [0, 0.05) is 56.9 Å². The van der Waals surface area contributed by atoms with E-state index in [4.69, 9.17) is 14.2 Å². The predicted molar refractivity (Wildman–Crippen MR) is 135 cm³/mol. The molecule has 2 aromatic carbocycles. The van der Waals surface area contributed by atoms with Gasteiger partial charge in [-0.15, -0.1) is 0 Å². The molecule has 0 bridgehead atoms. The van der Waals surface area contributed by atoms with Crippen molar-refractivity contribution in [3.05, 3.63) is 54.7 Å². The molecule has 10 nitrogen and oxygen atoms in total. The Kier molecular flexibility index (Phi) is 7.51. The van der Waals surface area contributed by atoms with Gasteiger partial charge < -0.3 is 29.3 Å². The van der Waals surface area contributed by atoms with Crippen molar-refractivity contribution < 1.29 is 19.0 Å². The van der Waals surface area contributed by atoms with Crippen LogP contribution in [0.25, 0.3) is 0 Å². The van der Waals surface area contributed by atoms with Gasteiger partial charge in [0.05, 0.1) is 14.2 Å². The number of likely N-dealkylation sites (N-methyl/N-ethyl adjacent to an activating group) is 1. The Hall–Kier alpha value is -4.05. The lowest BCUT2D eigenvalue weighted by molar-refractivity contribution is 0.206. The average Bonchev–Trinajstić information content (AvgIpc) is 2.89. The summed E-state index contributed by atoms with van der Waals surface area (Å²) in [6, 6.07) is 14.8. The Morgan fingerprint density at radius 2 is 1.71 bits per heavy atom. The molecule has 10 heteroatoms. The molecule has 184 valence electrons. The minimum absolute atomic E-state index is 0.247. The third-order valence-corrected chi connectivity index (χ3v) is 5.82. The first kappa shape index (κ1) is 24.1. The molecule has 0 radical (unpaired) electrons. The zero-order chi connectivity index (χ0) is 24.8. The van der Waals surface area contributed by atoms with E-state index in [2.05, 4.69) is 44.3 Å². The van der Waals surface area contributed by atoms with Crippen molar-refractivity contribution in [2.45, 2.75) is 0 Å². The number of nitrogens with zero attached hydrogens (tertiary/aromatic N) is 5. The first-order chi connectivity index (χ1) is 17.0. The lowest BCUT2D eigenvalue weighted by Gasteiger charge is -2.34. The van der Waals surface area contributed by atoms with E-state index in [0.717, 1.165) is 31.9 Å². The summed E-state index contributed by atoms with van der Waals surface area (Å²) in [5.74, 6) is 1.95. The van der Waals surface area contributed by atoms with Crippen molar-refractivity contribution in [3.8, 4) is 17.2 Å². The Balaban J connectivity index is 1.42. The fourth-order valence-electron chi connectivity index (χ4n) is 3.67. The summed E-state index contributed by atoms with van der Waals surface area (Å²) >= 11 is 0. The Morgan fingerprint density at radius 3 is 2.40 bits per heavy atom. The van der Waals surface area contributed by atoms with Crippen LogP contribution in [0.5, 0.6) is 17.2 Å². The van der Waals surface area contributed by atoms with Crippen molar-refractivity contribution in [2.24, 2.45) is 0 Å². The average molecular weight is 479 g/mol. The summed E-state index contributed by atoms with van der Waals surface area (Å²) in [5, 5.41) is 3.19. The number of anilines is 4. The van der Waals surface area contributed by atoms with Crippen LogP contribution in [0.1, 0.15) is 0 Å². The van der Waals surface area contributed by atoms with Crippen molar-refractivity contribution in [2.75, 3.05) is 69.6 Å². The van der Waals surface area contributed by atoms with Crippen molar-refractivity contribution in [3.63, 3.8) is 0 Å². The molecule has 1 saturated heterocycles. The number of aromatic nitrogens is 2. The molecule has 1 aliphatic rings. The van der Waals surface area contributed by atoms with Gasteiger partial charge in [0.1, 0.15) is 11.6 Å². The van der Waals surface area contributed by atoms with E-state index in [1.807, 2.05) is 12.1 Å². The van der Waals surface area contributed by atoms with Gasteiger partial charge in [0.25, 0.3) is 0 Å². The SMILES string of the molecule is COc1ccc(OC)c(OC(=O)N(C)c2ccnc(Nc3ccc(N4CCN(C)CC4)cc3)n2)c1. The van der Waals surface area contributed by atoms with Gasteiger partial charge in [0.15, 0.2) is 11.5 Å². The van der Waals surface area contributed by atoms with Gasteiger partial charge in [-0.2, -0.15) is 4.98 Å². The molecule has 3 aromatic rings. The third-order valence-electron chi connectivity index (χ3n) is 5.82. The number of piperazine rings is 1. The van der Waals surface area contributed by atoms with E-state index < -0.39 is 6.09 Å². The van der Waals surface area contributed by atoms with Crippen molar-refractivity contribution >= 4 is 29.2 Å². The lowest BCUT2D eigenvalue weighted by atomic mass is 10.2. The van der Waals surface area contributed by atoms with E-state index in [1.165, 1.54) is 24.8 Å². The number of hydrogen-bond acceptors (Lipinski definition) is 9. The number of carbonyl (C=O) groups is 1. The molecule has 0 atom stereocenters. The molecule has 0 unspecified atom stereocenters. The van der Waals surface area contributed by atoms with E-state index in [9.17, 15) is 4.79 Å². The van der Waals surface area contributed by atoms with Crippen LogP contribution in [0.15, 0.2) is 54.7 Å². The maximum absolute atomic E-state index is 12.8. The van der Waals surface area contributed by atoms with Crippen molar-refractivity contribution in [1.82, 2.24) is 14.9 Å². The van der Waals surface area contributed by atoms with Crippen LogP contribution in [-0.2, 0) is 0 Å². The molecule has 1 amide bonds. The van der Waals surface area contributed by atoms with E-state index in [1.54, 1.807) is 37.5 Å². The zero-order valence-corrected chi connectivity index (χ0v) is 20.4. The number of rotatable bonds is 7. The second-order valence-electron chi connectivity index (χ2n) is 8.14. The van der Waals surface area contributed by atoms with Gasteiger partial charge in [-0.1, -0.05) is 0 Å². The van der Waals surface area contributed by atoms with Gasteiger partial charge in [-0.05, 0) is 49.5 Å². The maximum atomic E-state index is 12.8. The summed E-state index contributed by atoms with van der Waals surface area (Å²) < 4.78 is 16.0. The fourth-order valence-corrected chi connectivity index (χ4v) is 3.67. The minimum atomic E-state index is -0.627. The molecule has 4 rings (SSSR count). The molecule has 1 N–H and O–H groups in total. The number of benzene rings is 2. The number of methoxy groups -OCH3 is 2. The van der Waals surface area contributed by atoms with E-state index in [-0.39, 0.29) is 5.75 Å². The van der Waals surface area contributed by atoms with Crippen LogP contribution in [-0.4, -0.2) is 75.5 Å². The van der Waals surface area contributed by atoms with Crippen LogP contribution < -0.4 is 29.3 Å². The number of carbonyl (C=O) groups excluding carboxylic acids is 1. The number of amides is 1. The second kappa shape index (κ2) is 10.9. The first-order valence-electron chi connectivity index (χ1n) is 11.3. The fraction of sp³-hybridized carbons (Fsp3) is 0.320. The molecule has 35 heavy (non-hydrogen) atoms. The number of hydrogen-bond donors (Lipinski definition) is 1. The summed E-state index contributed by atoms with van der Waals surface area (Å²) in [6.07, 6.45) is 0.955. The standard InChI is InChI=1S/C25H30N6O4/c1-29-13-15-31(16-14-29)19-7-5-18(6-8-19)27-24-26-12-11-23(28-24)30(2)25(32)35-22-17-20(33-3)9-10-21(22)34-4/h5-12,17H,13-16H2,1-4H3,(H,26,27,28). The predicted octanol–water partition coefficient (Wildman–Crippen LogP) is 3.62. The molecule has 1 fully saturated rings. The molecular weight excluding hydrogens is 448 g/mol. The molecule has 1 aliphatic heterocycles. The molecule has 0 spiro atoms. The summed E-state index contributed by atoms with van der Waals surface area (Å²) in [5.41, 5.74) is 2.04. The van der Waals surface area contributed by atoms with E-state index >= 15 is 0 Å². The van der Waals surface area contributed by atoms with Gasteiger partial charge >= 0.3 is 6.09 Å². The Bertz CT molecular complexity index is 1150. The molecule has 1 aromatic heterocycles. The second-order valence-corrected chi connectivity index (χ2v) is 8.14. The van der Waals surface area contributed by atoms with Crippen LogP contribution in [0.2, 0.25) is 0 Å². The minimum Gasteiger partial charge on any atom is -0.497 e. The summed E-state index contributed by atoms with van der Waals surface area (Å²) in [4.78, 5) is 27.5. The van der Waals surface area contributed by atoms with Crippen LogP contribution >= 0.6 is 0 Å².